The Morgan fingerprint density at radius 1 is 1.20 bits per heavy atom. The van der Waals surface area contributed by atoms with E-state index in [1.54, 1.807) is 0 Å². The van der Waals surface area contributed by atoms with Gasteiger partial charge in [0.15, 0.2) is 0 Å². The van der Waals surface area contributed by atoms with E-state index in [0.29, 0.717) is 6.04 Å². The Morgan fingerprint density at radius 3 is 2.90 bits per heavy atom. The first-order valence-corrected chi connectivity index (χ1v) is 8.83. The number of halogens is 1. The molecule has 1 aromatic rings. The predicted octanol–water partition coefficient (Wildman–Crippen LogP) is 3.38. The molecule has 1 fully saturated rings. The van der Waals surface area contributed by atoms with E-state index in [2.05, 4.69) is 44.3 Å². The van der Waals surface area contributed by atoms with Crippen molar-refractivity contribution in [3.05, 3.63) is 33.8 Å². The van der Waals surface area contributed by atoms with Gasteiger partial charge in [0.2, 0.25) is 0 Å². The third-order valence-electron chi connectivity index (χ3n) is 4.68. The molecule has 0 saturated carbocycles. The first-order valence-electron chi connectivity index (χ1n) is 8.04. The molecule has 110 valence electrons. The third-order valence-corrected chi connectivity index (χ3v) is 5.17. The largest absolute Gasteiger partial charge is 0.314 e. The second kappa shape index (κ2) is 7.06. The zero-order chi connectivity index (χ0) is 13.8. The molecule has 20 heavy (non-hydrogen) atoms. The summed E-state index contributed by atoms with van der Waals surface area (Å²) in [5, 5.41) is 3.76. The average Bonchev–Trinajstić information content (AvgIpc) is 2.97. The van der Waals surface area contributed by atoms with Crippen LogP contribution in [0.1, 0.15) is 36.8 Å². The molecule has 1 heterocycles. The topological polar surface area (TPSA) is 15.3 Å². The molecule has 0 spiro atoms. The van der Waals surface area contributed by atoms with Gasteiger partial charge in [0.1, 0.15) is 0 Å². The zero-order valence-corrected chi connectivity index (χ0v) is 13.8. The highest BCUT2D eigenvalue weighted by Crippen LogP contribution is 2.24. The van der Waals surface area contributed by atoms with Gasteiger partial charge in [0.25, 0.3) is 0 Å². The monoisotopic (exact) mass is 336 g/mol. The molecule has 1 aromatic carbocycles. The lowest BCUT2D eigenvalue weighted by Crippen LogP contribution is -2.36. The van der Waals surface area contributed by atoms with Crippen LogP contribution in [-0.2, 0) is 12.8 Å². The van der Waals surface area contributed by atoms with Gasteiger partial charge in [-0.05, 0) is 88.0 Å². The van der Waals surface area contributed by atoms with E-state index >= 15 is 0 Å². The number of benzene rings is 1. The van der Waals surface area contributed by atoms with E-state index in [1.807, 2.05) is 0 Å². The number of fused-ring (bicyclic) bond motifs is 1. The van der Waals surface area contributed by atoms with E-state index in [1.165, 1.54) is 80.3 Å². The molecule has 1 N–H and O–H groups in total. The quantitative estimate of drug-likeness (QED) is 0.829. The van der Waals surface area contributed by atoms with Crippen LogP contribution in [0.5, 0.6) is 0 Å². The molecule has 1 atom stereocenters. The van der Waals surface area contributed by atoms with E-state index < -0.39 is 0 Å². The van der Waals surface area contributed by atoms with Crippen molar-refractivity contribution < 1.29 is 0 Å². The highest BCUT2D eigenvalue weighted by molar-refractivity contribution is 9.10. The Kier molecular flexibility index (Phi) is 5.14. The lowest BCUT2D eigenvalue weighted by atomic mass is 9.88. The summed E-state index contributed by atoms with van der Waals surface area (Å²) in [5.41, 5.74) is 3.07. The standard InChI is InChI=1S/C17H25BrN2/c18-16-6-4-15-13-17(7-5-14(15)12-16)19-8-3-11-20-9-1-2-10-20/h4,6,12,17,19H,1-3,5,7-11,13H2. The Morgan fingerprint density at radius 2 is 2.05 bits per heavy atom. The van der Waals surface area contributed by atoms with Crippen LogP contribution in [0.25, 0.3) is 0 Å². The number of aryl methyl sites for hydroxylation is 1. The third kappa shape index (κ3) is 3.84. The minimum atomic E-state index is 0.683. The van der Waals surface area contributed by atoms with Crippen molar-refractivity contribution in [2.24, 2.45) is 0 Å². The first-order chi connectivity index (χ1) is 9.81. The molecule has 1 aliphatic carbocycles. The smallest absolute Gasteiger partial charge is 0.0178 e. The Hall–Kier alpha value is -0.380. The molecule has 2 aliphatic rings. The molecule has 0 radical (unpaired) electrons. The number of hydrogen-bond donors (Lipinski definition) is 1. The summed E-state index contributed by atoms with van der Waals surface area (Å²) in [6.45, 7) is 5.10. The van der Waals surface area contributed by atoms with Crippen LogP contribution in [0.2, 0.25) is 0 Å². The molecule has 0 aromatic heterocycles. The number of hydrogen-bond acceptors (Lipinski definition) is 2. The van der Waals surface area contributed by atoms with Crippen LogP contribution in [0.3, 0.4) is 0 Å². The van der Waals surface area contributed by atoms with Gasteiger partial charge in [-0.3, -0.25) is 0 Å². The van der Waals surface area contributed by atoms with Crippen molar-refractivity contribution in [3.63, 3.8) is 0 Å². The maximum atomic E-state index is 3.76. The fraction of sp³-hybridized carbons (Fsp3) is 0.647. The molecule has 3 rings (SSSR count). The summed E-state index contributed by atoms with van der Waals surface area (Å²) in [5.74, 6) is 0. The summed E-state index contributed by atoms with van der Waals surface area (Å²) in [6, 6.07) is 7.44. The van der Waals surface area contributed by atoms with E-state index in [0.717, 1.165) is 0 Å². The van der Waals surface area contributed by atoms with Crippen molar-refractivity contribution in [1.29, 1.82) is 0 Å². The highest BCUT2D eigenvalue weighted by Gasteiger charge is 2.18. The van der Waals surface area contributed by atoms with Crippen LogP contribution in [0.15, 0.2) is 22.7 Å². The van der Waals surface area contributed by atoms with Crippen molar-refractivity contribution in [1.82, 2.24) is 10.2 Å². The van der Waals surface area contributed by atoms with Crippen LogP contribution in [0.4, 0.5) is 0 Å². The fourth-order valence-electron chi connectivity index (χ4n) is 3.51. The number of nitrogens with zero attached hydrogens (tertiary/aromatic N) is 1. The lowest BCUT2D eigenvalue weighted by Gasteiger charge is -2.26. The Balaban J connectivity index is 1.40. The maximum Gasteiger partial charge on any atom is 0.0178 e. The SMILES string of the molecule is Brc1ccc2c(c1)CCC(NCCCN1CCCC1)C2. The summed E-state index contributed by atoms with van der Waals surface area (Å²) in [7, 11) is 0. The summed E-state index contributed by atoms with van der Waals surface area (Å²) < 4.78 is 1.22. The van der Waals surface area contributed by atoms with Crippen molar-refractivity contribution in [2.45, 2.75) is 44.6 Å². The van der Waals surface area contributed by atoms with Gasteiger partial charge in [-0.25, -0.2) is 0 Å². The normalized spacial score (nSPS) is 22.9. The minimum Gasteiger partial charge on any atom is -0.314 e. The van der Waals surface area contributed by atoms with Crippen molar-refractivity contribution >= 4 is 15.9 Å². The second-order valence-electron chi connectivity index (χ2n) is 6.21. The van der Waals surface area contributed by atoms with Crippen LogP contribution >= 0.6 is 15.9 Å². The molecule has 1 aliphatic heterocycles. The Bertz CT molecular complexity index is 441. The zero-order valence-electron chi connectivity index (χ0n) is 12.2. The van der Waals surface area contributed by atoms with Gasteiger partial charge in [0, 0.05) is 10.5 Å². The highest BCUT2D eigenvalue weighted by atomic mass is 79.9. The molecule has 0 bridgehead atoms. The van der Waals surface area contributed by atoms with Gasteiger partial charge in [-0.15, -0.1) is 0 Å². The number of rotatable bonds is 5. The van der Waals surface area contributed by atoms with Gasteiger partial charge in [-0.2, -0.15) is 0 Å². The molecule has 1 saturated heterocycles. The average molecular weight is 337 g/mol. The van der Waals surface area contributed by atoms with Crippen LogP contribution in [0, 0.1) is 0 Å². The summed E-state index contributed by atoms with van der Waals surface area (Å²) >= 11 is 3.57. The van der Waals surface area contributed by atoms with Crippen LogP contribution < -0.4 is 5.32 Å². The summed E-state index contributed by atoms with van der Waals surface area (Å²) in [4.78, 5) is 2.61. The molecular weight excluding hydrogens is 312 g/mol. The predicted molar refractivity (Wildman–Crippen MR) is 88.2 cm³/mol. The maximum absolute atomic E-state index is 3.76. The number of nitrogens with one attached hydrogen (secondary N) is 1. The van der Waals surface area contributed by atoms with E-state index in [4.69, 9.17) is 0 Å². The molecule has 1 unspecified atom stereocenters. The van der Waals surface area contributed by atoms with E-state index in [-0.39, 0.29) is 0 Å². The molecule has 3 heteroatoms. The van der Waals surface area contributed by atoms with Gasteiger partial charge >= 0.3 is 0 Å². The molecular formula is C17H25BrN2. The molecule has 0 amide bonds. The van der Waals surface area contributed by atoms with E-state index in [9.17, 15) is 0 Å². The minimum absolute atomic E-state index is 0.683. The lowest BCUT2D eigenvalue weighted by molar-refractivity contribution is 0.325. The summed E-state index contributed by atoms with van der Waals surface area (Å²) in [6.07, 6.45) is 7.81. The Labute approximate surface area is 131 Å². The van der Waals surface area contributed by atoms with Crippen molar-refractivity contribution in [3.8, 4) is 0 Å². The fourth-order valence-corrected chi connectivity index (χ4v) is 3.92. The van der Waals surface area contributed by atoms with Crippen LogP contribution in [-0.4, -0.2) is 37.1 Å². The van der Waals surface area contributed by atoms with Gasteiger partial charge < -0.3 is 10.2 Å². The second-order valence-corrected chi connectivity index (χ2v) is 7.12. The van der Waals surface area contributed by atoms with Gasteiger partial charge in [0.05, 0.1) is 0 Å². The molecule has 2 nitrogen and oxygen atoms in total. The van der Waals surface area contributed by atoms with Crippen molar-refractivity contribution in [2.75, 3.05) is 26.2 Å². The first kappa shape index (κ1) is 14.6. The number of likely N-dealkylation sites (tertiary alicyclic amines) is 1. The van der Waals surface area contributed by atoms with Gasteiger partial charge in [-0.1, -0.05) is 22.0 Å².